The summed E-state index contributed by atoms with van der Waals surface area (Å²) >= 11 is 0. The van der Waals surface area contributed by atoms with E-state index in [-0.39, 0.29) is 17.9 Å². The van der Waals surface area contributed by atoms with Gasteiger partial charge in [-0.15, -0.1) is 0 Å². The first-order chi connectivity index (χ1) is 12.0. The standard InChI is InChI=1S/C20H20FNO3/c21-18-12-17(7-6-15(18)11-20(24)25)22-19(23)10-13-8-16(9-13)14-4-2-1-3-5-14/h1-7,12-13,16H,8-11H2,(H,22,23)(H,24,25). The van der Waals surface area contributed by atoms with E-state index in [2.05, 4.69) is 17.4 Å². The van der Waals surface area contributed by atoms with Gasteiger partial charge in [0, 0.05) is 12.1 Å². The Morgan fingerprint density at radius 1 is 1.12 bits per heavy atom. The van der Waals surface area contributed by atoms with Crippen molar-refractivity contribution < 1.29 is 19.1 Å². The average Bonchev–Trinajstić information content (AvgIpc) is 2.53. The fourth-order valence-corrected chi connectivity index (χ4v) is 3.31. The molecular formula is C20H20FNO3. The van der Waals surface area contributed by atoms with Crippen LogP contribution >= 0.6 is 0 Å². The average molecular weight is 341 g/mol. The molecule has 1 aliphatic rings. The maximum atomic E-state index is 13.8. The summed E-state index contributed by atoms with van der Waals surface area (Å²) in [5.74, 6) is -0.975. The molecule has 0 unspecified atom stereocenters. The summed E-state index contributed by atoms with van der Waals surface area (Å²) in [5, 5.41) is 11.4. The third kappa shape index (κ3) is 4.44. The molecule has 2 aromatic carbocycles. The summed E-state index contributed by atoms with van der Waals surface area (Å²) in [4.78, 5) is 22.7. The minimum absolute atomic E-state index is 0.107. The van der Waals surface area contributed by atoms with Crippen molar-refractivity contribution in [3.05, 3.63) is 65.5 Å². The lowest BCUT2D eigenvalue weighted by Crippen LogP contribution is -2.26. The lowest BCUT2D eigenvalue weighted by atomic mass is 9.70. The molecule has 0 atom stereocenters. The van der Waals surface area contributed by atoms with Crippen molar-refractivity contribution in [1.29, 1.82) is 0 Å². The van der Waals surface area contributed by atoms with Crippen molar-refractivity contribution in [2.45, 2.75) is 31.6 Å². The number of rotatable bonds is 6. The molecule has 2 aromatic rings. The largest absolute Gasteiger partial charge is 0.481 e. The Kier molecular flexibility index (Phi) is 5.12. The van der Waals surface area contributed by atoms with Gasteiger partial charge in [0.25, 0.3) is 0 Å². The van der Waals surface area contributed by atoms with Crippen molar-refractivity contribution >= 4 is 17.6 Å². The predicted molar refractivity (Wildman–Crippen MR) is 92.9 cm³/mol. The Morgan fingerprint density at radius 3 is 2.48 bits per heavy atom. The van der Waals surface area contributed by atoms with Gasteiger partial charge in [0.2, 0.25) is 5.91 Å². The highest BCUT2D eigenvalue weighted by Gasteiger charge is 2.31. The second-order valence-electron chi connectivity index (χ2n) is 6.57. The number of aliphatic carboxylic acids is 1. The maximum absolute atomic E-state index is 13.8. The number of anilines is 1. The van der Waals surface area contributed by atoms with Crippen LogP contribution in [-0.2, 0) is 16.0 Å². The molecule has 0 radical (unpaired) electrons. The van der Waals surface area contributed by atoms with Gasteiger partial charge in [0.1, 0.15) is 5.82 Å². The van der Waals surface area contributed by atoms with Crippen LogP contribution in [0.3, 0.4) is 0 Å². The van der Waals surface area contributed by atoms with Gasteiger partial charge in [-0.1, -0.05) is 36.4 Å². The first kappa shape index (κ1) is 17.1. The predicted octanol–water partition coefficient (Wildman–Crippen LogP) is 3.98. The number of carboxylic acids is 1. The third-order valence-electron chi connectivity index (χ3n) is 4.66. The third-order valence-corrected chi connectivity index (χ3v) is 4.66. The van der Waals surface area contributed by atoms with Crippen LogP contribution < -0.4 is 5.32 Å². The second-order valence-corrected chi connectivity index (χ2v) is 6.57. The SMILES string of the molecule is O=C(O)Cc1ccc(NC(=O)CC2CC(c3ccccc3)C2)cc1F. The summed E-state index contributed by atoms with van der Waals surface area (Å²) in [6.45, 7) is 0. The molecule has 0 aliphatic heterocycles. The number of amides is 1. The van der Waals surface area contributed by atoms with Crippen LogP contribution in [-0.4, -0.2) is 17.0 Å². The van der Waals surface area contributed by atoms with E-state index in [0.29, 0.717) is 23.9 Å². The fourth-order valence-electron chi connectivity index (χ4n) is 3.31. The van der Waals surface area contributed by atoms with Gasteiger partial charge < -0.3 is 10.4 Å². The highest BCUT2D eigenvalue weighted by molar-refractivity contribution is 5.91. The summed E-state index contributed by atoms with van der Waals surface area (Å²) in [6, 6.07) is 14.4. The topological polar surface area (TPSA) is 66.4 Å². The van der Waals surface area contributed by atoms with Crippen LogP contribution in [0.15, 0.2) is 48.5 Å². The van der Waals surface area contributed by atoms with E-state index in [1.165, 1.54) is 23.8 Å². The monoisotopic (exact) mass is 341 g/mol. The molecule has 5 heteroatoms. The van der Waals surface area contributed by atoms with Crippen LogP contribution in [0, 0.1) is 11.7 Å². The lowest BCUT2D eigenvalue weighted by molar-refractivity contribution is -0.136. The molecule has 130 valence electrons. The molecular weight excluding hydrogens is 321 g/mol. The minimum Gasteiger partial charge on any atom is -0.481 e. The highest BCUT2D eigenvalue weighted by Crippen LogP contribution is 2.43. The lowest BCUT2D eigenvalue weighted by Gasteiger charge is -2.35. The number of hydrogen-bond acceptors (Lipinski definition) is 2. The van der Waals surface area contributed by atoms with Gasteiger partial charge >= 0.3 is 5.97 Å². The molecule has 4 nitrogen and oxygen atoms in total. The van der Waals surface area contributed by atoms with Crippen LogP contribution in [0.1, 0.15) is 36.3 Å². The minimum atomic E-state index is -1.09. The van der Waals surface area contributed by atoms with E-state index in [1.807, 2.05) is 18.2 Å². The molecule has 0 saturated heterocycles. The van der Waals surface area contributed by atoms with Gasteiger partial charge in [0.05, 0.1) is 6.42 Å². The highest BCUT2D eigenvalue weighted by atomic mass is 19.1. The smallest absolute Gasteiger partial charge is 0.307 e. The second kappa shape index (κ2) is 7.47. The summed E-state index contributed by atoms with van der Waals surface area (Å²) in [6.07, 6.45) is 2.03. The van der Waals surface area contributed by atoms with Gasteiger partial charge in [-0.2, -0.15) is 0 Å². The number of benzene rings is 2. The van der Waals surface area contributed by atoms with Crippen LogP contribution in [0.4, 0.5) is 10.1 Å². The van der Waals surface area contributed by atoms with Crippen molar-refractivity contribution in [1.82, 2.24) is 0 Å². The normalized spacial score (nSPS) is 19.1. The summed E-state index contributed by atoms with van der Waals surface area (Å²) < 4.78 is 13.8. The Labute approximate surface area is 145 Å². The van der Waals surface area contributed by atoms with Crippen molar-refractivity contribution in [2.24, 2.45) is 5.92 Å². The Bertz CT molecular complexity index is 770. The zero-order chi connectivity index (χ0) is 17.8. The first-order valence-electron chi connectivity index (χ1n) is 8.36. The molecule has 0 aromatic heterocycles. The van der Waals surface area contributed by atoms with Crippen molar-refractivity contribution in [3.8, 4) is 0 Å². The van der Waals surface area contributed by atoms with E-state index >= 15 is 0 Å². The Hall–Kier alpha value is -2.69. The van der Waals surface area contributed by atoms with Crippen LogP contribution in [0.5, 0.6) is 0 Å². The van der Waals surface area contributed by atoms with Gasteiger partial charge in [0.15, 0.2) is 0 Å². The number of carbonyl (C=O) groups excluding carboxylic acids is 1. The zero-order valence-corrected chi connectivity index (χ0v) is 13.7. The summed E-state index contributed by atoms with van der Waals surface area (Å²) in [5.41, 5.74) is 1.78. The van der Waals surface area contributed by atoms with Crippen molar-refractivity contribution in [2.75, 3.05) is 5.32 Å². The molecule has 1 aliphatic carbocycles. The molecule has 3 rings (SSSR count). The van der Waals surface area contributed by atoms with E-state index < -0.39 is 11.8 Å². The van der Waals surface area contributed by atoms with Crippen LogP contribution in [0.25, 0.3) is 0 Å². The number of hydrogen-bond donors (Lipinski definition) is 2. The van der Waals surface area contributed by atoms with E-state index in [1.54, 1.807) is 0 Å². The quantitative estimate of drug-likeness (QED) is 0.835. The first-order valence-corrected chi connectivity index (χ1v) is 8.36. The van der Waals surface area contributed by atoms with Crippen LogP contribution in [0.2, 0.25) is 0 Å². The van der Waals surface area contributed by atoms with Crippen molar-refractivity contribution in [3.63, 3.8) is 0 Å². The van der Waals surface area contributed by atoms with E-state index in [0.717, 1.165) is 12.8 Å². The number of carbonyl (C=O) groups is 2. The molecule has 0 bridgehead atoms. The number of carboxylic acid groups (broad SMARTS) is 1. The van der Waals surface area contributed by atoms with E-state index in [9.17, 15) is 14.0 Å². The zero-order valence-electron chi connectivity index (χ0n) is 13.7. The Morgan fingerprint density at radius 2 is 1.84 bits per heavy atom. The number of nitrogens with one attached hydrogen (secondary N) is 1. The molecule has 0 spiro atoms. The molecule has 2 N–H and O–H groups in total. The molecule has 0 heterocycles. The maximum Gasteiger partial charge on any atom is 0.307 e. The number of halogens is 1. The summed E-state index contributed by atoms with van der Waals surface area (Å²) in [7, 11) is 0. The molecule has 1 saturated carbocycles. The molecule has 1 amide bonds. The van der Waals surface area contributed by atoms with Gasteiger partial charge in [-0.05, 0) is 47.9 Å². The van der Waals surface area contributed by atoms with Gasteiger partial charge in [-0.25, -0.2) is 4.39 Å². The van der Waals surface area contributed by atoms with Gasteiger partial charge in [-0.3, -0.25) is 9.59 Å². The molecule has 25 heavy (non-hydrogen) atoms. The Balaban J connectivity index is 1.49. The van der Waals surface area contributed by atoms with E-state index in [4.69, 9.17) is 5.11 Å². The fraction of sp³-hybridized carbons (Fsp3) is 0.300. The molecule has 1 fully saturated rings.